The first-order chi connectivity index (χ1) is 16.5. The van der Waals surface area contributed by atoms with E-state index in [4.69, 9.17) is 9.15 Å². The Morgan fingerprint density at radius 3 is 2.71 bits per heavy atom. The molecule has 0 saturated heterocycles. The van der Waals surface area contributed by atoms with Crippen molar-refractivity contribution in [2.45, 2.75) is 31.0 Å². The molecular formula is C26H22N2O5S. The number of hydrogen-bond donors (Lipinski definition) is 0. The molecule has 1 aliphatic rings. The van der Waals surface area contributed by atoms with Crippen LogP contribution in [0.4, 0.5) is 0 Å². The van der Waals surface area contributed by atoms with Crippen LogP contribution in [0.1, 0.15) is 44.0 Å². The Kier molecular flexibility index (Phi) is 6.06. The second kappa shape index (κ2) is 9.30. The Morgan fingerprint density at radius 1 is 1.09 bits per heavy atom. The highest BCUT2D eigenvalue weighted by Gasteiger charge is 2.18. The van der Waals surface area contributed by atoms with E-state index in [1.54, 1.807) is 30.5 Å². The van der Waals surface area contributed by atoms with Crippen LogP contribution in [0.15, 0.2) is 69.2 Å². The normalized spacial score (nSPS) is 12.6. The van der Waals surface area contributed by atoms with Crippen LogP contribution in [0.2, 0.25) is 0 Å². The molecule has 2 heterocycles. The number of esters is 1. The first kappa shape index (κ1) is 22.2. The number of ketones is 1. The Morgan fingerprint density at radius 2 is 1.91 bits per heavy atom. The molecule has 0 radical (unpaired) electrons. The lowest BCUT2D eigenvalue weighted by atomic mass is 10.0. The smallest absolute Gasteiger partial charge is 0.337 e. The van der Waals surface area contributed by atoms with Gasteiger partial charge >= 0.3 is 5.97 Å². The summed E-state index contributed by atoms with van der Waals surface area (Å²) in [5, 5.41) is 0.749. The van der Waals surface area contributed by atoms with Gasteiger partial charge in [0.25, 0.3) is 5.56 Å². The van der Waals surface area contributed by atoms with Crippen LogP contribution in [0, 0.1) is 0 Å². The number of carbonyl (C=O) groups is 2. The lowest BCUT2D eigenvalue weighted by molar-refractivity contribution is 0.0600. The third-order valence-corrected chi connectivity index (χ3v) is 6.96. The number of carbonyl (C=O) groups excluding carboxylic acids is 2. The summed E-state index contributed by atoms with van der Waals surface area (Å²) in [6.07, 6.45) is 4.73. The summed E-state index contributed by atoms with van der Waals surface area (Å²) in [5.74, 6) is 0.193. The van der Waals surface area contributed by atoms with E-state index in [0.29, 0.717) is 32.9 Å². The average molecular weight is 475 g/mol. The van der Waals surface area contributed by atoms with E-state index < -0.39 is 5.97 Å². The molecular weight excluding hydrogens is 452 g/mol. The Hall–Kier alpha value is -3.65. The number of ether oxygens (including phenoxy) is 1. The van der Waals surface area contributed by atoms with E-state index >= 15 is 0 Å². The van der Waals surface area contributed by atoms with Crippen molar-refractivity contribution in [3.63, 3.8) is 0 Å². The number of furan rings is 1. The van der Waals surface area contributed by atoms with Gasteiger partial charge in [0, 0.05) is 5.56 Å². The van der Waals surface area contributed by atoms with Crippen molar-refractivity contribution < 1.29 is 18.7 Å². The number of methoxy groups -OCH3 is 1. The zero-order valence-electron chi connectivity index (χ0n) is 18.6. The summed E-state index contributed by atoms with van der Waals surface area (Å²) in [7, 11) is 1.30. The van der Waals surface area contributed by atoms with Crippen LogP contribution >= 0.6 is 11.8 Å². The number of thioether (sulfide) groups is 1. The minimum absolute atomic E-state index is 0.0260. The topological polar surface area (TPSA) is 91.4 Å². The van der Waals surface area contributed by atoms with Gasteiger partial charge < -0.3 is 9.15 Å². The number of fused-ring (bicyclic) bond motifs is 2. The number of benzene rings is 2. The lowest BCUT2D eigenvalue weighted by Crippen LogP contribution is -2.24. The van der Waals surface area contributed by atoms with E-state index in [0.717, 1.165) is 19.3 Å². The number of Topliss-reactive ketones (excluding diaryl/α,β-unsaturated/α-hetero) is 1. The fourth-order valence-electron chi connectivity index (χ4n) is 4.21. The van der Waals surface area contributed by atoms with Crippen LogP contribution < -0.4 is 5.56 Å². The van der Waals surface area contributed by atoms with Crippen LogP contribution in [0.25, 0.3) is 10.9 Å². The van der Waals surface area contributed by atoms with Crippen LogP contribution in [0.5, 0.6) is 0 Å². The molecule has 34 heavy (non-hydrogen) atoms. The van der Waals surface area contributed by atoms with Crippen molar-refractivity contribution in [1.82, 2.24) is 9.55 Å². The molecule has 0 aliphatic heterocycles. The summed E-state index contributed by atoms with van der Waals surface area (Å²) in [5.41, 5.74) is 3.62. The van der Waals surface area contributed by atoms with Crippen molar-refractivity contribution in [2.24, 2.45) is 0 Å². The van der Waals surface area contributed by atoms with Crippen LogP contribution in [0.3, 0.4) is 0 Å². The van der Waals surface area contributed by atoms with Gasteiger partial charge in [-0.1, -0.05) is 23.9 Å². The third kappa shape index (κ3) is 4.28. The molecule has 0 N–H and O–H groups in total. The number of hydrogen-bond acceptors (Lipinski definition) is 7. The first-order valence-electron chi connectivity index (χ1n) is 11.0. The Labute approximate surface area is 199 Å². The molecule has 5 rings (SSSR count). The number of nitrogens with zero attached hydrogens (tertiary/aromatic N) is 2. The van der Waals surface area contributed by atoms with E-state index in [-0.39, 0.29) is 23.6 Å². The standard InChI is InChI=1S/C26H22N2O5S/c1-32-25(31)19-9-10-21-22(13-19)27-26(28(24(21)30)14-20-6-3-11-33-20)34-15-23(29)18-8-7-16-4-2-5-17(16)12-18/h3,6-13H,2,4-5,14-15H2,1H3. The van der Waals surface area contributed by atoms with Gasteiger partial charge in [-0.25, -0.2) is 9.78 Å². The van der Waals surface area contributed by atoms with Gasteiger partial charge in [0.1, 0.15) is 5.76 Å². The molecule has 2 aromatic heterocycles. The largest absolute Gasteiger partial charge is 0.467 e. The fourth-order valence-corrected chi connectivity index (χ4v) is 5.11. The van der Waals surface area contributed by atoms with Gasteiger partial charge in [-0.05, 0) is 66.8 Å². The molecule has 0 unspecified atom stereocenters. The van der Waals surface area contributed by atoms with Crippen molar-refractivity contribution in [3.05, 3.63) is 93.2 Å². The summed E-state index contributed by atoms with van der Waals surface area (Å²) in [6, 6.07) is 14.1. The third-order valence-electron chi connectivity index (χ3n) is 5.99. The van der Waals surface area contributed by atoms with E-state index in [1.165, 1.54) is 40.6 Å². The Bertz CT molecular complexity index is 1460. The monoisotopic (exact) mass is 474 g/mol. The molecule has 0 saturated carbocycles. The molecule has 7 nitrogen and oxygen atoms in total. The molecule has 0 atom stereocenters. The molecule has 2 aromatic carbocycles. The molecule has 0 bridgehead atoms. The first-order valence-corrected chi connectivity index (χ1v) is 11.9. The fraction of sp³-hybridized carbons (Fsp3) is 0.231. The second-order valence-electron chi connectivity index (χ2n) is 8.14. The summed E-state index contributed by atoms with van der Waals surface area (Å²) >= 11 is 1.20. The maximum atomic E-state index is 13.3. The van der Waals surface area contributed by atoms with Crippen LogP contribution in [-0.4, -0.2) is 34.2 Å². The van der Waals surface area contributed by atoms with Gasteiger partial charge in [0.15, 0.2) is 10.9 Å². The zero-order chi connectivity index (χ0) is 23.7. The van der Waals surface area contributed by atoms with E-state index in [2.05, 4.69) is 4.98 Å². The second-order valence-corrected chi connectivity index (χ2v) is 9.08. The average Bonchev–Trinajstić information content (AvgIpc) is 3.55. The Balaban J connectivity index is 1.49. The van der Waals surface area contributed by atoms with Crippen molar-refractivity contribution in [2.75, 3.05) is 12.9 Å². The SMILES string of the molecule is COC(=O)c1ccc2c(=O)n(Cc3ccco3)c(SCC(=O)c3ccc4c(c3)CCC4)nc2c1. The highest BCUT2D eigenvalue weighted by atomic mass is 32.2. The molecule has 8 heteroatoms. The summed E-state index contributed by atoms with van der Waals surface area (Å²) in [6.45, 7) is 0.183. The van der Waals surface area contributed by atoms with E-state index in [1.807, 2.05) is 18.2 Å². The van der Waals surface area contributed by atoms with E-state index in [9.17, 15) is 14.4 Å². The molecule has 0 fully saturated rings. The maximum absolute atomic E-state index is 13.3. The van der Waals surface area contributed by atoms with Gasteiger partial charge in [-0.3, -0.25) is 14.2 Å². The van der Waals surface area contributed by atoms with Gasteiger partial charge in [0.05, 0.1) is 42.1 Å². The van der Waals surface area contributed by atoms with Crippen LogP contribution in [-0.2, 0) is 24.1 Å². The summed E-state index contributed by atoms with van der Waals surface area (Å²) < 4.78 is 11.7. The lowest BCUT2D eigenvalue weighted by Gasteiger charge is -2.12. The predicted molar refractivity (Wildman–Crippen MR) is 129 cm³/mol. The van der Waals surface area contributed by atoms with Gasteiger partial charge in [-0.2, -0.15) is 0 Å². The predicted octanol–water partition coefficient (Wildman–Crippen LogP) is 4.29. The molecule has 1 aliphatic carbocycles. The number of aryl methyl sites for hydroxylation is 2. The molecule has 0 amide bonds. The quantitative estimate of drug-likeness (QED) is 0.171. The van der Waals surface area contributed by atoms with Gasteiger partial charge in [-0.15, -0.1) is 0 Å². The molecule has 4 aromatic rings. The summed E-state index contributed by atoms with van der Waals surface area (Å²) in [4.78, 5) is 42.9. The molecule has 172 valence electrons. The van der Waals surface area contributed by atoms with Crippen molar-refractivity contribution in [3.8, 4) is 0 Å². The van der Waals surface area contributed by atoms with Crippen molar-refractivity contribution in [1.29, 1.82) is 0 Å². The molecule has 0 spiro atoms. The van der Waals surface area contributed by atoms with Gasteiger partial charge in [0.2, 0.25) is 0 Å². The minimum Gasteiger partial charge on any atom is -0.467 e. The van der Waals surface area contributed by atoms with Crippen molar-refractivity contribution >= 4 is 34.4 Å². The highest BCUT2D eigenvalue weighted by molar-refractivity contribution is 7.99. The zero-order valence-corrected chi connectivity index (χ0v) is 19.4. The maximum Gasteiger partial charge on any atom is 0.337 e. The number of rotatable bonds is 7. The minimum atomic E-state index is -0.510. The number of aromatic nitrogens is 2. The highest BCUT2D eigenvalue weighted by Crippen LogP contribution is 2.25.